The maximum atomic E-state index is 10.7. The molecule has 112 valence electrons. The minimum absolute atomic E-state index is 0. The fourth-order valence-corrected chi connectivity index (χ4v) is 1.31. The number of rotatable bonds is 5. The predicted molar refractivity (Wildman–Crippen MR) is 72.6 cm³/mol. The Labute approximate surface area is 124 Å². The highest BCUT2D eigenvalue weighted by molar-refractivity contribution is 5.81. The van der Waals surface area contributed by atoms with Gasteiger partial charge in [-0.05, 0) is 11.1 Å². The SMILES string of the molecule is C.CC(=O)N/N=C/c1ccc(CC([NH3+])C(=O)O)cc1.[Cl-]. The summed E-state index contributed by atoms with van der Waals surface area (Å²) in [4.78, 5) is 21.2. The van der Waals surface area contributed by atoms with Gasteiger partial charge >= 0.3 is 5.97 Å². The normalized spacial score (nSPS) is 11.1. The fraction of sp³-hybridized carbons (Fsp3) is 0.308. The topological polar surface area (TPSA) is 106 Å². The highest BCUT2D eigenvalue weighted by atomic mass is 35.5. The van der Waals surface area contributed by atoms with Crippen molar-refractivity contribution >= 4 is 18.1 Å². The Morgan fingerprint density at radius 1 is 1.40 bits per heavy atom. The van der Waals surface area contributed by atoms with E-state index in [-0.39, 0.29) is 25.7 Å². The van der Waals surface area contributed by atoms with Crippen molar-refractivity contribution in [2.75, 3.05) is 0 Å². The number of hydrogen-bond acceptors (Lipinski definition) is 3. The molecule has 0 heterocycles. The summed E-state index contributed by atoms with van der Waals surface area (Å²) in [7, 11) is 0. The first-order chi connectivity index (χ1) is 8.49. The van der Waals surface area contributed by atoms with E-state index in [2.05, 4.69) is 16.3 Å². The third-order valence-corrected chi connectivity index (χ3v) is 2.25. The van der Waals surface area contributed by atoms with Gasteiger partial charge in [0.15, 0.2) is 6.04 Å². The predicted octanol–water partition coefficient (Wildman–Crippen LogP) is -2.97. The average Bonchev–Trinajstić information content (AvgIpc) is 2.30. The maximum Gasteiger partial charge on any atom is 0.362 e. The first kappa shape index (κ1) is 20.4. The van der Waals surface area contributed by atoms with E-state index in [1.54, 1.807) is 12.1 Å². The number of nitrogens with zero attached hydrogens (tertiary/aromatic N) is 1. The van der Waals surface area contributed by atoms with Crippen LogP contribution in [0.15, 0.2) is 29.4 Å². The van der Waals surface area contributed by atoms with E-state index in [9.17, 15) is 9.59 Å². The van der Waals surface area contributed by atoms with Crippen molar-refractivity contribution in [3.05, 3.63) is 35.4 Å². The van der Waals surface area contributed by atoms with Crippen molar-refractivity contribution in [3.8, 4) is 0 Å². The van der Waals surface area contributed by atoms with Crippen molar-refractivity contribution in [1.29, 1.82) is 0 Å². The zero-order valence-electron chi connectivity index (χ0n) is 10.5. The van der Waals surface area contributed by atoms with E-state index in [1.807, 2.05) is 12.1 Å². The fourth-order valence-electron chi connectivity index (χ4n) is 1.31. The van der Waals surface area contributed by atoms with E-state index in [0.717, 1.165) is 11.1 Å². The molecule has 1 unspecified atom stereocenters. The third-order valence-electron chi connectivity index (χ3n) is 2.25. The molecule has 1 aromatic rings. The molecule has 20 heavy (non-hydrogen) atoms. The van der Waals surface area contributed by atoms with Crippen LogP contribution in [-0.2, 0) is 16.0 Å². The van der Waals surface area contributed by atoms with E-state index < -0.39 is 12.0 Å². The van der Waals surface area contributed by atoms with Crippen LogP contribution < -0.4 is 23.6 Å². The van der Waals surface area contributed by atoms with Gasteiger partial charge in [-0.2, -0.15) is 5.10 Å². The van der Waals surface area contributed by atoms with Gasteiger partial charge in [-0.1, -0.05) is 31.7 Å². The van der Waals surface area contributed by atoms with Gasteiger partial charge < -0.3 is 23.2 Å². The van der Waals surface area contributed by atoms with E-state index >= 15 is 0 Å². The van der Waals surface area contributed by atoms with Crippen LogP contribution in [0.1, 0.15) is 25.5 Å². The lowest BCUT2D eigenvalue weighted by atomic mass is 10.1. The highest BCUT2D eigenvalue weighted by Crippen LogP contribution is 2.04. The van der Waals surface area contributed by atoms with Crippen molar-refractivity contribution in [3.63, 3.8) is 0 Å². The number of carboxylic acid groups (broad SMARTS) is 1. The number of aliphatic carboxylic acids is 1. The molecule has 0 aliphatic heterocycles. The Balaban J connectivity index is 0. The number of amides is 1. The van der Waals surface area contributed by atoms with Crippen LogP contribution in [-0.4, -0.2) is 29.2 Å². The average molecular weight is 302 g/mol. The summed E-state index contributed by atoms with van der Waals surface area (Å²) >= 11 is 0. The quantitative estimate of drug-likeness (QED) is 0.399. The molecule has 0 saturated carbocycles. The van der Waals surface area contributed by atoms with Crippen LogP contribution in [0, 0.1) is 0 Å². The molecular weight excluding hydrogens is 282 g/mol. The summed E-state index contributed by atoms with van der Waals surface area (Å²) in [6, 6.07) is 6.58. The number of hydrazone groups is 1. The number of nitrogens with one attached hydrogen (secondary N) is 1. The molecule has 6 nitrogen and oxygen atoms in total. The van der Waals surface area contributed by atoms with Gasteiger partial charge in [0.25, 0.3) is 0 Å². The first-order valence-corrected chi connectivity index (χ1v) is 5.43. The number of carboxylic acids is 1. The molecule has 0 spiro atoms. The lowest BCUT2D eigenvalue weighted by molar-refractivity contribution is -0.407. The van der Waals surface area contributed by atoms with E-state index in [0.29, 0.717) is 6.42 Å². The van der Waals surface area contributed by atoms with Gasteiger partial charge in [-0.3, -0.25) is 4.79 Å². The van der Waals surface area contributed by atoms with Crippen LogP contribution in [0.4, 0.5) is 0 Å². The maximum absolute atomic E-state index is 10.7. The van der Waals surface area contributed by atoms with Gasteiger partial charge in [-0.25, -0.2) is 10.2 Å². The van der Waals surface area contributed by atoms with E-state index in [4.69, 9.17) is 5.11 Å². The van der Waals surface area contributed by atoms with Gasteiger partial charge in [0.05, 0.1) is 6.21 Å². The second-order valence-electron chi connectivity index (χ2n) is 3.91. The van der Waals surface area contributed by atoms with Gasteiger partial charge in [0, 0.05) is 13.3 Å². The molecule has 0 bridgehead atoms. The van der Waals surface area contributed by atoms with Crippen LogP contribution in [0.2, 0.25) is 0 Å². The standard InChI is InChI=1S/C12H15N3O3.CH4.ClH/c1-8(16)15-14-7-10-4-2-9(3-5-10)6-11(13)12(17)18;;/h2-5,7,11H,6,13H2,1H3,(H,15,16)(H,17,18);1H4;1H/b14-7+;;. The Kier molecular flexibility index (Phi) is 10.1. The molecule has 7 heteroatoms. The van der Waals surface area contributed by atoms with Gasteiger partial charge in [-0.15, -0.1) is 0 Å². The first-order valence-electron chi connectivity index (χ1n) is 5.43. The van der Waals surface area contributed by atoms with Gasteiger partial charge in [0.2, 0.25) is 5.91 Å². The smallest absolute Gasteiger partial charge is 0.362 e. The molecular formula is C13H20ClN3O3. The molecule has 0 saturated heterocycles. The Bertz CT molecular complexity index is 460. The molecule has 1 rings (SSSR count). The number of carbonyl (C=O) groups is 2. The summed E-state index contributed by atoms with van der Waals surface area (Å²) in [5.74, 6) is -1.14. The summed E-state index contributed by atoms with van der Waals surface area (Å²) in [6.07, 6.45) is 1.91. The molecule has 1 atom stereocenters. The van der Waals surface area contributed by atoms with Crippen LogP contribution in [0.25, 0.3) is 0 Å². The molecule has 0 aliphatic rings. The summed E-state index contributed by atoms with van der Waals surface area (Å²) in [6.45, 7) is 1.38. The highest BCUT2D eigenvalue weighted by Gasteiger charge is 2.15. The molecule has 5 N–H and O–H groups in total. The van der Waals surface area contributed by atoms with Crippen molar-refractivity contribution in [2.24, 2.45) is 5.10 Å². The zero-order valence-corrected chi connectivity index (χ0v) is 11.2. The number of halogens is 1. The van der Waals surface area contributed by atoms with Crippen LogP contribution >= 0.6 is 0 Å². The minimum Gasteiger partial charge on any atom is -1.00 e. The summed E-state index contributed by atoms with van der Waals surface area (Å²) < 4.78 is 0. The molecule has 1 amide bonds. The Morgan fingerprint density at radius 3 is 2.40 bits per heavy atom. The number of carbonyl (C=O) groups excluding carboxylic acids is 1. The largest absolute Gasteiger partial charge is 1.00 e. The minimum atomic E-state index is -0.911. The monoisotopic (exact) mass is 301 g/mol. The second kappa shape index (κ2) is 9.94. The lowest BCUT2D eigenvalue weighted by Crippen LogP contribution is -3.00. The molecule has 0 radical (unpaired) electrons. The molecule has 0 fully saturated rings. The molecule has 0 aromatic heterocycles. The number of quaternary nitrogens is 1. The van der Waals surface area contributed by atoms with Crippen molar-refractivity contribution < 1.29 is 32.8 Å². The van der Waals surface area contributed by atoms with Crippen molar-refractivity contribution in [2.45, 2.75) is 26.8 Å². The summed E-state index contributed by atoms with van der Waals surface area (Å²) in [5, 5.41) is 12.5. The Hall–Kier alpha value is -1.92. The third kappa shape index (κ3) is 7.50. The second-order valence-corrected chi connectivity index (χ2v) is 3.91. The lowest BCUT2D eigenvalue weighted by Gasteiger charge is -2.03. The molecule has 1 aromatic carbocycles. The number of hydrogen-bond donors (Lipinski definition) is 3. The van der Waals surface area contributed by atoms with E-state index in [1.165, 1.54) is 13.1 Å². The summed E-state index contributed by atoms with van der Waals surface area (Å²) in [5.41, 5.74) is 7.57. The Morgan fingerprint density at radius 2 is 1.95 bits per heavy atom. The van der Waals surface area contributed by atoms with Gasteiger partial charge in [0.1, 0.15) is 0 Å². The number of benzene rings is 1. The van der Waals surface area contributed by atoms with Crippen molar-refractivity contribution in [1.82, 2.24) is 5.43 Å². The van der Waals surface area contributed by atoms with Crippen LogP contribution in [0.3, 0.4) is 0 Å². The zero-order chi connectivity index (χ0) is 13.5. The van der Waals surface area contributed by atoms with Crippen LogP contribution in [0.5, 0.6) is 0 Å². The molecule has 0 aliphatic carbocycles.